The molecule has 0 aliphatic carbocycles. The summed E-state index contributed by atoms with van der Waals surface area (Å²) >= 11 is 0. The number of carbonyl (C=O) groups is 1. The zero-order valence-electron chi connectivity index (χ0n) is 17.7. The lowest BCUT2D eigenvalue weighted by molar-refractivity contribution is -0.116. The predicted octanol–water partition coefficient (Wildman–Crippen LogP) is 3.53. The number of ether oxygens (including phenoxy) is 2. The first-order valence-electron chi connectivity index (χ1n) is 9.72. The number of hydrogen-bond donors (Lipinski definition) is 2. The van der Waals surface area contributed by atoms with E-state index in [1.54, 1.807) is 32.4 Å². The van der Waals surface area contributed by atoms with Gasteiger partial charge in [-0.15, -0.1) is 0 Å². The molecule has 1 heterocycles. The Morgan fingerprint density at radius 3 is 2.50 bits per heavy atom. The lowest BCUT2D eigenvalue weighted by Gasteiger charge is -2.08. The van der Waals surface area contributed by atoms with E-state index in [9.17, 15) is 9.59 Å². The fourth-order valence-corrected chi connectivity index (χ4v) is 3.22. The Kier molecular flexibility index (Phi) is 6.57. The molecule has 0 bridgehead atoms. The molecule has 1 aromatic heterocycles. The second-order valence-electron chi connectivity index (χ2n) is 7.14. The van der Waals surface area contributed by atoms with Gasteiger partial charge in [-0.05, 0) is 78.8 Å². The quantitative estimate of drug-likeness (QED) is 0.588. The number of rotatable bonds is 7. The Morgan fingerprint density at radius 2 is 1.77 bits per heavy atom. The van der Waals surface area contributed by atoms with E-state index in [1.165, 1.54) is 11.6 Å². The molecular formula is C24H26N2O4. The van der Waals surface area contributed by atoms with Crippen molar-refractivity contribution in [3.63, 3.8) is 0 Å². The molecule has 6 nitrogen and oxygen atoms in total. The largest absolute Gasteiger partial charge is 0.493 e. The first-order chi connectivity index (χ1) is 14.4. The molecule has 30 heavy (non-hydrogen) atoms. The van der Waals surface area contributed by atoms with Gasteiger partial charge in [0, 0.05) is 23.7 Å². The van der Waals surface area contributed by atoms with Gasteiger partial charge in [-0.25, -0.2) is 0 Å². The van der Waals surface area contributed by atoms with E-state index < -0.39 is 0 Å². The molecule has 0 atom stereocenters. The summed E-state index contributed by atoms with van der Waals surface area (Å²) in [6.45, 7) is 4.44. The average Bonchev–Trinajstić information content (AvgIpc) is 2.73. The van der Waals surface area contributed by atoms with Gasteiger partial charge < -0.3 is 19.8 Å². The Morgan fingerprint density at radius 1 is 1.03 bits per heavy atom. The molecule has 3 aromatic rings. The Labute approximate surface area is 175 Å². The van der Waals surface area contributed by atoms with Gasteiger partial charge in [-0.1, -0.05) is 6.07 Å². The minimum atomic E-state index is -0.228. The minimum absolute atomic E-state index is 0.124. The Balaban J connectivity index is 1.62. The second-order valence-corrected chi connectivity index (χ2v) is 7.14. The first-order valence-corrected chi connectivity index (χ1v) is 9.72. The molecule has 0 spiro atoms. The summed E-state index contributed by atoms with van der Waals surface area (Å²) in [6, 6.07) is 11.4. The Bertz CT molecular complexity index is 1160. The molecule has 1 amide bonds. The van der Waals surface area contributed by atoms with E-state index in [2.05, 4.69) is 16.4 Å². The third-order valence-electron chi connectivity index (χ3n) is 5.06. The molecule has 6 heteroatoms. The molecule has 3 rings (SSSR count). The van der Waals surface area contributed by atoms with Crippen molar-refractivity contribution >= 4 is 22.9 Å². The molecule has 0 fully saturated rings. The summed E-state index contributed by atoms with van der Waals surface area (Å²) in [5.74, 6) is 1.000. The van der Waals surface area contributed by atoms with Crippen molar-refractivity contribution in [2.45, 2.75) is 20.3 Å². The highest BCUT2D eigenvalue weighted by Gasteiger charge is 2.06. The summed E-state index contributed by atoms with van der Waals surface area (Å²) in [7, 11) is 3.14. The number of H-pyrrole nitrogens is 1. The van der Waals surface area contributed by atoms with Crippen LogP contribution in [0.1, 0.15) is 22.3 Å². The number of aryl methyl sites for hydroxylation is 2. The van der Waals surface area contributed by atoms with Crippen LogP contribution in [0.5, 0.6) is 11.5 Å². The van der Waals surface area contributed by atoms with E-state index in [0.717, 1.165) is 22.0 Å². The van der Waals surface area contributed by atoms with Crippen LogP contribution in [0.25, 0.3) is 17.0 Å². The Hall–Kier alpha value is -3.54. The van der Waals surface area contributed by atoms with Crippen molar-refractivity contribution in [2.75, 3.05) is 20.8 Å². The molecular weight excluding hydrogens is 380 g/mol. The first kappa shape index (κ1) is 21.2. The maximum absolute atomic E-state index is 12.3. The van der Waals surface area contributed by atoms with E-state index in [1.807, 2.05) is 32.0 Å². The minimum Gasteiger partial charge on any atom is -0.493 e. The summed E-state index contributed by atoms with van der Waals surface area (Å²) in [6.07, 6.45) is 3.61. The van der Waals surface area contributed by atoms with E-state index in [0.29, 0.717) is 30.0 Å². The maximum atomic E-state index is 12.3. The highest BCUT2D eigenvalue weighted by molar-refractivity contribution is 5.91. The smallest absolute Gasteiger partial charge is 0.251 e. The summed E-state index contributed by atoms with van der Waals surface area (Å²) < 4.78 is 10.5. The number of aromatic nitrogens is 1. The fraction of sp³-hybridized carbons (Fsp3) is 0.250. The van der Waals surface area contributed by atoms with Crippen LogP contribution in [0.3, 0.4) is 0 Å². The number of nitrogens with one attached hydrogen (secondary N) is 2. The van der Waals surface area contributed by atoms with Crippen molar-refractivity contribution in [2.24, 2.45) is 0 Å². The van der Waals surface area contributed by atoms with Crippen molar-refractivity contribution in [3.05, 3.63) is 75.1 Å². The van der Waals surface area contributed by atoms with Crippen LogP contribution in [0.2, 0.25) is 0 Å². The van der Waals surface area contributed by atoms with Crippen molar-refractivity contribution in [1.82, 2.24) is 10.3 Å². The van der Waals surface area contributed by atoms with Crippen LogP contribution in [0.15, 0.2) is 47.3 Å². The molecule has 0 unspecified atom stereocenters. The molecule has 156 valence electrons. The van der Waals surface area contributed by atoms with Gasteiger partial charge in [0.2, 0.25) is 5.91 Å². The van der Waals surface area contributed by atoms with Crippen LogP contribution in [0.4, 0.5) is 0 Å². The summed E-state index contributed by atoms with van der Waals surface area (Å²) in [4.78, 5) is 27.4. The van der Waals surface area contributed by atoms with E-state index >= 15 is 0 Å². The normalized spacial score (nSPS) is 11.1. The third-order valence-corrected chi connectivity index (χ3v) is 5.06. The number of benzene rings is 2. The van der Waals surface area contributed by atoms with Crippen molar-refractivity contribution in [1.29, 1.82) is 0 Å². The lowest BCUT2D eigenvalue weighted by Crippen LogP contribution is -2.25. The topological polar surface area (TPSA) is 80.4 Å². The average molecular weight is 406 g/mol. The van der Waals surface area contributed by atoms with Gasteiger partial charge in [0.1, 0.15) is 0 Å². The summed E-state index contributed by atoms with van der Waals surface area (Å²) in [5, 5.41) is 3.81. The van der Waals surface area contributed by atoms with Crippen LogP contribution in [-0.2, 0) is 11.2 Å². The number of hydrogen-bond acceptors (Lipinski definition) is 4. The lowest BCUT2D eigenvalue weighted by atomic mass is 10.0. The number of amides is 1. The zero-order chi connectivity index (χ0) is 21.7. The third kappa shape index (κ3) is 4.89. The molecule has 2 N–H and O–H groups in total. The molecule has 0 radical (unpaired) electrons. The van der Waals surface area contributed by atoms with Crippen LogP contribution in [0, 0.1) is 13.8 Å². The van der Waals surface area contributed by atoms with Crippen LogP contribution < -0.4 is 20.3 Å². The molecule has 2 aromatic carbocycles. The van der Waals surface area contributed by atoms with Gasteiger partial charge in [0.05, 0.1) is 14.2 Å². The maximum Gasteiger partial charge on any atom is 0.251 e. The van der Waals surface area contributed by atoms with Crippen molar-refractivity contribution in [3.8, 4) is 11.5 Å². The highest BCUT2D eigenvalue weighted by atomic mass is 16.5. The molecule has 0 aliphatic heterocycles. The number of aromatic amines is 1. The number of fused-ring (bicyclic) bond motifs is 1. The number of carbonyl (C=O) groups excluding carboxylic acids is 1. The zero-order valence-corrected chi connectivity index (χ0v) is 17.7. The predicted molar refractivity (Wildman–Crippen MR) is 119 cm³/mol. The van der Waals surface area contributed by atoms with Crippen LogP contribution in [-0.4, -0.2) is 31.7 Å². The second kappa shape index (κ2) is 9.31. The monoisotopic (exact) mass is 406 g/mol. The van der Waals surface area contributed by atoms with Gasteiger partial charge >= 0.3 is 0 Å². The molecule has 0 saturated carbocycles. The molecule has 0 saturated heterocycles. The number of pyridine rings is 1. The van der Waals surface area contributed by atoms with E-state index in [4.69, 9.17) is 9.47 Å². The van der Waals surface area contributed by atoms with Gasteiger partial charge in [0.15, 0.2) is 11.5 Å². The van der Waals surface area contributed by atoms with Gasteiger partial charge in [-0.3, -0.25) is 9.59 Å². The van der Waals surface area contributed by atoms with Crippen LogP contribution >= 0.6 is 0 Å². The van der Waals surface area contributed by atoms with E-state index in [-0.39, 0.29) is 11.5 Å². The highest BCUT2D eigenvalue weighted by Crippen LogP contribution is 2.27. The van der Waals surface area contributed by atoms with Crippen molar-refractivity contribution < 1.29 is 14.3 Å². The number of methoxy groups -OCH3 is 2. The SMILES string of the molecule is COc1ccc(/C=C/C(=O)NCCc2cc3cc(C)c(C)cc3[nH]c2=O)cc1OC. The van der Waals surface area contributed by atoms with Gasteiger partial charge in [0.25, 0.3) is 5.56 Å². The fourth-order valence-electron chi connectivity index (χ4n) is 3.22. The standard InChI is InChI=1S/C24H26N2O4/c1-15-11-19-14-18(24(28)26-20(19)12-16(15)2)9-10-25-23(27)8-6-17-5-7-21(29-3)22(13-17)30-4/h5-8,11-14H,9-10H2,1-4H3,(H,25,27)(H,26,28)/b8-6+. The molecule has 0 aliphatic rings. The summed E-state index contributed by atoms with van der Waals surface area (Å²) in [5.41, 5.74) is 4.48. The van der Waals surface area contributed by atoms with Gasteiger partial charge in [-0.2, -0.15) is 0 Å².